The minimum Gasteiger partial charge on any atom is -0.490 e. The molecule has 0 unspecified atom stereocenters. The quantitative estimate of drug-likeness (QED) is 0.590. The van der Waals surface area contributed by atoms with Crippen molar-refractivity contribution in [3.63, 3.8) is 0 Å². The first-order valence-electron chi connectivity index (χ1n) is 9.62. The first-order valence-corrected chi connectivity index (χ1v) is 9.62. The van der Waals surface area contributed by atoms with Gasteiger partial charge in [-0.1, -0.05) is 0 Å². The zero-order valence-corrected chi connectivity index (χ0v) is 16.8. The van der Waals surface area contributed by atoms with Crippen LogP contribution < -0.4 is 10.5 Å². The zero-order chi connectivity index (χ0) is 23.0. The summed E-state index contributed by atoms with van der Waals surface area (Å²) in [6.07, 6.45) is -1.76. The lowest BCUT2D eigenvalue weighted by Gasteiger charge is -2.43. The number of benzene rings is 1. The van der Waals surface area contributed by atoms with E-state index in [0.29, 0.717) is 25.7 Å². The normalized spacial score (nSPS) is 24.0. The van der Waals surface area contributed by atoms with Crippen LogP contribution in [0.3, 0.4) is 0 Å². The van der Waals surface area contributed by atoms with Gasteiger partial charge in [-0.25, -0.2) is 0 Å². The average Bonchev–Trinajstić information content (AvgIpc) is 2.88. The van der Waals surface area contributed by atoms with E-state index in [2.05, 4.69) is 4.99 Å². The smallest absolute Gasteiger partial charge is 0.417 e. The molecule has 2 aliphatic rings. The fourth-order valence-corrected chi connectivity index (χ4v) is 4.02. The Kier molecular flexibility index (Phi) is 6.12. The molecule has 4 radical (unpaired) electrons. The fourth-order valence-electron chi connectivity index (χ4n) is 4.02. The SMILES string of the molecule is [B]C1([B])C(N)=C(C=NC)C(=O)N1C1CCC(Oc2ccc(C#N)c(C(F)(F)F)c2)CC1. The second kappa shape index (κ2) is 8.33. The molecule has 1 aliphatic heterocycles. The molecule has 1 aromatic rings. The highest BCUT2D eigenvalue weighted by Crippen LogP contribution is 2.37. The number of nitriles is 1. The van der Waals surface area contributed by atoms with Gasteiger partial charge in [0.1, 0.15) is 5.75 Å². The minimum atomic E-state index is -4.66. The third kappa shape index (κ3) is 4.29. The molecular weight excluding hydrogens is 407 g/mol. The van der Waals surface area contributed by atoms with Gasteiger partial charge in [0.05, 0.1) is 44.6 Å². The number of nitrogens with two attached hydrogens (primary N) is 1. The molecule has 1 aliphatic carbocycles. The number of aliphatic imine (C=N–C) groups is 1. The molecular formula is C20H19B2F3N4O2. The van der Waals surface area contributed by atoms with Crippen LogP contribution in [0.15, 0.2) is 34.5 Å². The Labute approximate surface area is 180 Å². The predicted molar refractivity (Wildman–Crippen MR) is 110 cm³/mol. The number of carbonyl (C=O) groups excluding carboxylic acids is 1. The summed E-state index contributed by atoms with van der Waals surface area (Å²) in [5.74, 6) is -0.370. The van der Waals surface area contributed by atoms with Crippen molar-refractivity contribution >= 4 is 27.8 Å². The van der Waals surface area contributed by atoms with Crippen molar-refractivity contribution < 1.29 is 22.7 Å². The number of carbonyl (C=O) groups is 1. The summed E-state index contributed by atoms with van der Waals surface area (Å²) in [5.41, 5.74) is 4.67. The molecule has 6 nitrogen and oxygen atoms in total. The van der Waals surface area contributed by atoms with Crippen molar-refractivity contribution in [1.29, 1.82) is 5.26 Å². The van der Waals surface area contributed by atoms with Crippen molar-refractivity contribution in [3.8, 4) is 11.8 Å². The van der Waals surface area contributed by atoms with Crippen LogP contribution in [0.25, 0.3) is 0 Å². The number of nitrogens with zero attached hydrogens (tertiary/aromatic N) is 3. The summed E-state index contributed by atoms with van der Waals surface area (Å²) >= 11 is 0. The Morgan fingerprint density at radius 1 is 1.32 bits per heavy atom. The van der Waals surface area contributed by atoms with E-state index in [1.54, 1.807) is 0 Å². The van der Waals surface area contributed by atoms with Gasteiger partial charge in [-0.3, -0.25) is 9.79 Å². The van der Waals surface area contributed by atoms with Crippen molar-refractivity contribution in [2.75, 3.05) is 7.05 Å². The summed E-state index contributed by atoms with van der Waals surface area (Å²) in [5, 5.41) is 7.26. The summed E-state index contributed by atoms with van der Waals surface area (Å²) in [6, 6.07) is 4.51. The average molecular weight is 426 g/mol. The number of amides is 1. The standard InChI is InChI=1S/C20H19B2F3N4O2/c1-28-10-15-17(27)19(21,22)29(18(15)30)12-3-6-13(7-4-12)31-14-5-2-11(9-26)16(8-14)20(23,24)25/h2,5,8,10,12-13H,3-4,6-7,27H2,1H3. The van der Waals surface area contributed by atoms with Crippen molar-refractivity contribution in [1.82, 2.24) is 4.90 Å². The third-order valence-electron chi connectivity index (χ3n) is 5.56. The highest BCUT2D eigenvalue weighted by Gasteiger charge is 2.46. The molecule has 0 spiro atoms. The Morgan fingerprint density at radius 3 is 2.52 bits per heavy atom. The second-order valence-corrected chi connectivity index (χ2v) is 7.58. The van der Waals surface area contributed by atoms with Crippen LogP contribution in [0.5, 0.6) is 5.75 Å². The van der Waals surface area contributed by atoms with Gasteiger partial charge in [-0.05, 0) is 43.9 Å². The summed E-state index contributed by atoms with van der Waals surface area (Å²) < 4.78 is 45.2. The van der Waals surface area contributed by atoms with Crippen LogP contribution in [-0.4, -0.2) is 57.2 Å². The van der Waals surface area contributed by atoms with E-state index in [4.69, 9.17) is 31.4 Å². The maximum absolute atomic E-state index is 13.2. The van der Waals surface area contributed by atoms with Gasteiger partial charge in [0.25, 0.3) is 5.91 Å². The molecule has 11 heteroatoms. The molecule has 1 heterocycles. The molecule has 2 N–H and O–H groups in total. The highest BCUT2D eigenvalue weighted by atomic mass is 19.4. The van der Waals surface area contributed by atoms with Crippen molar-refractivity contribution in [2.45, 2.75) is 49.3 Å². The van der Waals surface area contributed by atoms with Crippen molar-refractivity contribution in [2.24, 2.45) is 10.7 Å². The summed E-state index contributed by atoms with van der Waals surface area (Å²) in [4.78, 5) is 17.9. The molecule has 0 atom stereocenters. The van der Waals surface area contributed by atoms with Gasteiger partial charge in [-0.15, -0.1) is 0 Å². The topological polar surface area (TPSA) is 91.7 Å². The molecule has 1 saturated carbocycles. The van der Waals surface area contributed by atoms with E-state index >= 15 is 0 Å². The number of rotatable bonds is 4. The molecule has 0 bridgehead atoms. The first-order chi connectivity index (χ1) is 14.5. The van der Waals surface area contributed by atoms with Gasteiger partial charge < -0.3 is 15.4 Å². The van der Waals surface area contributed by atoms with Crippen LogP contribution in [0.4, 0.5) is 13.2 Å². The van der Waals surface area contributed by atoms with Crippen LogP contribution in [0, 0.1) is 11.3 Å². The predicted octanol–water partition coefficient (Wildman–Crippen LogP) is 2.01. The van der Waals surface area contributed by atoms with Crippen molar-refractivity contribution in [3.05, 3.63) is 40.6 Å². The molecule has 158 valence electrons. The van der Waals surface area contributed by atoms with Gasteiger partial charge in [0.15, 0.2) is 0 Å². The summed E-state index contributed by atoms with van der Waals surface area (Å²) in [7, 11) is 13.8. The molecule has 1 amide bonds. The number of halogens is 3. The lowest BCUT2D eigenvalue weighted by molar-refractivity contribution is -0.138. The Bertz CT molecular complexity index is 978. The van der Waals surface area contributed by atoms with Crippen LogP contribution in [0.2, 0.25) is 0 Å². The minimum absolute atomic E-state index is 0.0337. The zero-order valence-electron chi connectivity index (χ0n) is 16.8. The van der Waals surface area contributed by atoms with E-state index in [-0.39, 0.29) is 29.2 Å². The van der Waals surface area contributed by atoms with Crippen LogP contribution in [-0.2, 0) is 11.0 Å². The molecule has 1 fully saturated rings. The van der Waals surface area contributed by atoms with Gasteiger partial charge in [-0.2, -0.15) is 18.4 Å². The van der Waals surface area contributed by atoms with E-state index in [0.717, 1.165) is 12.1 Å². The first kappa shape index (κ1) is 22.8. The van der Waals surface area contributed by atoms with Crippen LogP contribution >= 0.6 is 0 Å². The fraction of sp³-hybridized carbons (Fsp3) is 0.450. The summed E-state index contributed by atoms with van der Waals surface area (Å²) in [6.45, 7) is 0. The van der Waals surface area contributed by atoms with Crippen LogP contribution in [0.1, 0.15) is 36.8 Å². The Morgan fingerprint density at radius 2 is 1.97 bits per heavy atom. The number of hydrogen-bond acceptors (Lipinski definition) is 5. The van der Waals surface area contributed by atoms with Gasteiger partial charge in [0, 0.05) is 30.3 Å². The third-order valence-corrected chi connectivity index (χ3v) is 5.56. The number of alkyl halides is 3. The number of hydrogen-bond donors (Lipinski definition) is 1. The van der Waals surface area contributed by atoms with Gasteiger partial charge >= 0.3 is 6.18 Å². The lowest BCUT2D eigenvalue weighted by Crippen LogP contribution is -2.56. The van der Waals surface area contributed by atoms with E-state index in [1.807, 2.05) is 0 Å². The maximum atomic E-state index is 13.2. The highest BCUT2D eigenvalue weighted by molar-refractivity contribution is 6.46. The number of ether oxygens (including phenoxy) is 1. The van der Waals surface area contributed by atoms with E-state index in [9.17, 15) is 18.0 Å². The monoisotopic (exact) mass is 426 g/mol. The largest absolute Gasteiger partial charge is 0.490 e. The van der Waals surface area contributed by atoms with E-state index < -0.39 is 28.5 Å². The molecule has 3 rings (SSSR count). The van der Waals surface area contributed by atoms with Gasteiger partial charge in [0.2, 0.25) is 0 Å². The second-order valence-electron chi connectivity index (χ2n) is 7.58. The molecule has 1 aromatic carbocycles. The molecule has 0 aromatic heterocycles. The lowest BCUT2D eigenvalue weighted by atomic mass is 9.59. The van der Waals surface area contributed by atoms with E-state index in [1.165, 1.54) is 30.3 Å². The Hall–Kier alpha value is -2.89. The Balaban J connectivity index is 1.69. The molecule has 0 saturated heterocycles. The molecule has 31 heavy (non-hydrogen) atoms. The maximum Gasteiger partial charge on any atom is 0.417 e.